The molecule has 2 atom stereocenters. The summed E-state index contributed by atoms with van der Waals surface area (Å²) >= 11 is 0. The zero-order valence-corrected chi connectivity index (χ0v) is 15.7. The molecule has 0 fully saturated rings. The molecule has 1 aliphatic carbocycles. The summed E-state index contributed by atoms with van der Waals surface area (Å²) < 4.78 is 11.0. The summed E-state index contributed by atoms with van der Waals surface area (Å²) in [5.74, 6) is -2.43. The quantitative estimate of drug-likeness (QED) is 0.598. The lowest BCUT2D eigenvalue weighted by Crippen LogP contribution is -2.36. The number of carboxylic acids is 1. The number of carboxylic acid groups (broad SMARTS) is 1. The highest BCUT2D eigenvalue weighted by Gasteiger charge is 2.35. The zero-order valence-electron chi connectivity index (χ0n) is 15.7. The maximum atomic E-state index is 12.9. The molecular formula is C23H21NO5. The molecule has 0 saturated heterocycles. The average molecular weight is 391 g/mol. The predicted octanol–water partition coefficient (Wildman–Crippen LogP) is 3.52. The summed E-state index contributed by atoms with van der Waals surface area (Å²) in [6, 6.07) is 18.4. The van der Waals surface area contributed by atoms with Crippen LogP contribution in [0.25, 0.3) is 11.1 Å². The lowest BCUT2D eigenvalue weighted by atomic mass is 9.94. The smallest absolute Gasteiger partial charge is 0.318 e. The van der Waals surface area contributed by atoms with Gasteiger partial charge in [-0.15, -0.1) is 0 Å². The van der Waals surface area contributed by atoms with Crippen LogP contribution in [0.3, 0.4) is 0 Å². The second-order valence-electron chi connectivity index (χ2n) is 7.11. The van der Waals surface area contributed by atoms with Crippen LogP contribution in [-0.2, 0) is 14.3 Å². The van der Waals surface area contributed by atoms with E-state index in [1.54, 1.807) is 12.1 Å². The van der Waals surface area contributed by atoms with Crippen molar-refractivity contribution < 1.29 is 23.8 Å². The van der Waals surface area contributed by atoms with E-state index in [2.05, 4.69) is 12.1 Å². The number of furan rings is 1. The number of hydrogen-bond donors (Lipinski definition) is 2. The number of aliphatic carboxylic acids is 1. The minimum atomic E-state index is -1.08. The molecule has 0 spiro atoms. The first-order valence-corrected chi connectivity index (χ1v) is 9.42. The van der Waals surface area contributed by atoms with E-state index in [1.807, 2.05) is 36.4 Å². The van der Waals surface area contributed by atoms with Gasteiger partial charge in [-0.1, -0.05) is 48.5 Å². The number of nitrogens with two attached hydrogens (primary N) is 1. The number of rotatable bonds is 7. The molecule has 1 aliphatic rings. The van der Waals surface area contributed by atoms with Crippen LogP contribution in [0.4, 0.5) is 0 Å². The summed E-state index contributed by atoms with van der Waals surface area (Å²) in [5, 5.41) is 9.07. The molecule has 3 N–H and O–H groups in total. The number of carbonyl (C=O) groups excluding carboxylic acids is 1. The lowest BCUT2D eigenvalue weighted by Gasteiger charge is -2.21. The lowest BCUT2D eigenvalue weighted by molar-refractivity contribution is -0.147. The molecule has 3 aromatic rings. The van der Waals surface area contributed by atoms with Gasteiger partial charge in [-0.3, -0.25) is 9.59 Å². The molecule has 2 unspecified atom stereocenters. The topological polar surface area (TPSA) is 103 Å². The third-order valence-electron chi connectivity index (χ3n) is 5.30. The summed E-state index contributed by atoms with van der Waals surface area (Å²) in [4.78, 5) is 24.0. The summed E-state index contributed by atoms with van der Waals surface area (Å²) in [6.07, 6.45) is 1.06. The number of hydrogen-bond acceptors (Lipinski definition) is 5. The van der Waals surface area contributed by atoms with Crippen molar-refractivity contribution in [3.8, 4) is 11.1 Å². The Balaban J connectivity index is 1.56. The Kier molecular flexibility index (Phi) is 5.18. The van der Waals surface area contributed by atoms with Gasteiger partial charge in [-0.05, 0) is 34.4 Å². The maximum absolute atomic E-state index is 12.9. The fourth-order valence-electron chi connectivity index (χ4n) is 3.98. The third-order valence-corrected chi connectivity index (χ3v) is 5.30. The Bertz CT molecular complexity index is 982. The fraction of sp³-hybridized carbons (Fsp3) is 0.217. The number of esters is 1. The standard InChI is InChI=1S/C23H21NO5/c24-19(12-21(25)26)22(20-10-5-11-28-20)23(27)29-13-18-16-8-3-1-6-14(16)15-7-2-4-9-17(15)18/h1-11,18-19,22H,12-13,24H2,(H,25,26). The van der Waals surface area contributed by atoms with Crippen LogP contribution in [0.1, 0.15) is 35.1 Å². The molecular weight excluding hydrogens is 370 g/mol. The van der Waals surface area contributed by atoms with Gasteiger partial charge in [0.1, 0.15) is 18.3 Å². The predicted molar refractivity (Wildman–Crippen MR) is 106 cm³/mol. The normalized spacial score (nSPS) is 14.7. The highest BCUT2D eigenvalue weighted by atomic mass is 16.5. The van der Waals surface area contributed by atoms with E-state index in [-0.39, 0.29) is 18.9 Å². The van der Waals surface area contributed by atoms with Crippen molar-refractivity contribution in [1.29, 1.82) is 0 Å². The summed E-state index contributed by atoms with van der Waals surface area (Å²) in [5.41, 5.74) is 10.5. The molecule has 148 valence electrons. The van der Waals surface area contributed by atoms with Gasteiger partial charge >= 0.3 is 11.9 Å². The van der Waals surface area contributed by atoms with Gasteiger partial charge in [0.05, 0.1) is 12.7 Å². The molecule has 1 aromatic heterocycles. The Hall–Kier alpha value is -3.38. The summed E-state index contributed by atoms with van der Waals surface area (Å²) in [7, 11) is 0. The third kappa shape index (κ3) is 3.67. The molecule has 6 nitrogen and oxygen atoms in total. The molecule has 4 rings (SSSR count). The number of carbonyl (C=O) groups is 2. The van der Waals surface area contributed by atoms with Crippen molar-refractivity contribution in [1.82, 2.24) is 0 Å². The molecule has 0 saturated carbocycles. The molecule has 1 heterocycles. The molecule has 29 heavy (non-hydrogen) atoms. The SMILES string of the molecule is NC(CC(=O)O)C(C(=O)OCC1c2ccccc2-c2ccccc21)c1ccco1. The van der Waals surface area contributed by atoms with Crippen LogP contribution in [0, 0.1) is 0 Å². The molecule has 6 heteroatoms. The second-order valence-corrected chi connectivity index (χ2v) is 7.11. The van der Waals surface area contributed by atoms with E-state index in [0.29, 0.717) is 5.76 Å². The van der Waals surface area contributed by atoms with Crippen molar-refractivity contribution in [3.63, 3.8) is 0 Å². The van der Waals surface area contributed by atoms with E-state index in [1.165, 1.54) is 6.26 Å². The Morgan fingerprint density at radius 2 is 1.62 bits per heavy atom. The fourth-order valence-corrected chi connectivity index (χ4v) is 3.98. The molecule has 0 amide bonds. The van der Waals surface area contributed by atoms with Crippen molar-refractivity contribution in [3.05, 3.63) is 83.8 Å². The second kappa shape index (κ2) is 7.93. The largest absolute Gasteiger partial charge is 0.481 e. The molecule has 0 radical (unpaired) electrons. The first-order chi connectivity index (χ1) is 14.1. The van der Waals surface area contributed by atoms with Gasteiger partial charge in [-0.25, -0.2) is 0 Å². The monoisotopic (exact) mass is 391 g/mol. The minimum absolute atomic E-state index is 0.0840. The van der Waals surface area contributed by atoms with Crippen molar-refractivity contribution in [2.24, 2.45) is 5.73 Å². The van der Waals surface area contributed by atoms with Crippen molar-refractivity contribution in [2.75, 3.05) is 6.61 Å². The van der Waals surface area contributed by atoms with Crippen LogP contribution in [0.15, 0.2) is 71.3 Å². The van der Waals surface area contributed by atoms with Crippen LogP contribution in [0.5, 0.6) is 0 Å². The average Bonchev–Trinajstić information content (AvgIpc) is 3.33. The minimum Gasteiger partial charge on any atom is -0.481 e. The number of fused-ring (bicyclic) bond motifs is 3. The number of ether oxygens (including phenoxy) is 1. The molecule has 0 aliphatic heterocycles. The van der Waals surface area contributed by atoms with E-state index in [9.17, 15) is 9.59 Å². The van der Waals surface area contributed by atoms with Crippen LogP contribution in [0.2, 0.25) is 0 Å². The first kappa shape index (κ1) is 19.0. The summed E-state index contributed by atoms with van der Waals surface area (Å²) in [6.45, 7) is 0.143. The van der Waals surface area contributed by atoms with Crippen molar-refractivity contribution >= 4 is 11.9 Å². The van der Waals surface area contributed by atoms with E-state index < -0.39 is 23.9 Å². The Labute approximate surface area is 167 Å². The van der Waals surface area contributed by atoms with Crippen LogP contribution in [-0.4, -0.2) is 29.7 Å². The van der Waals surface area contributed by atoms with Gasteiger partial charge in [0.25, 0.3) is 0 Å². The van der Waals surface area contributed by atoms with Crippen LogP contribution < -0.4 is 5.73 Å². The van der Waals surface area contributed by atoms with Gasteiger partial charge < -0.3 is 20.0 Å². The van der Waals surface area contributed by atoms with E-state index >= 15 is 0 Å². The van der Waals surface area contributed by atoms with Gasteiger partial charge in [0, 0.05) is 12.0 Å². The Morgan fingerprint density at radius 3 is 2.17 bits per heavy atom. The van der Waals surface area contributed by atoms with Gasteiger partial charge in [0.2, 0.25) is 0 Å². The molecule has 0 bridgehead atoms. The van der Waals surface area contributed by atoms with Crippen LogP contribution >= 0.6 is 0 Å². The van der Waals surface area contributed by atoms with E-state index in [4.69, 9.17) is 20.0 Å². The Morgan fingerprint density at radius 1 is 1.00 bits per heavy atom. The van der Waals surface area contributed by atoms with Crippen molar-refractivity contribution in [2.45, 2.75) is 24.3 Å². The molecule has 2 aromatic carbocycles. The maximum Gasteiger partial charge on any atom is 0.318 e. The zero-order chi connectivity index (χ0) is 20.4. The van der Waals surface area contributed by atoms with E-state index in [0.717, 1.165) is 22.3 Å². The highest BCUT2D eigenvalue weighted by molar-refractivity contribution is 5.81. The van der Waals surface area contributed by atoms with Gasteiger partial charge in [-0.2, -0.15) is 0 Å². The first-order valence-electron chi connectivity index (χ1n) is 9.42. The van der Waals surface area contributed by atoms with Gasteiger partial charge in [0.15, 0.2) is 0 Å². The highest BCUT2D eigenvalue weighted by Crippen LogP contribution is 2.44. The number of benzene rings is 2.